The Kier molecular flexibility index (Phi) is 4.34. The zero-order valence-electron chi connectivity index (χ0n) is 13.2. The highest BCUT2D eigenvalue weighted by Gasteiger charge is 2.39. The summed E-state index contributed by atoms with van der Waals surface area (Å²) in [5.74, 6) is -1.38. The van der Waals surface area contributed by atoms with Crippen molar-refractivity contribution in [2.75, 3.05) is 13.7 Å². The van der Waals surface area contributed by atoms with Crippen LogP contribution in [0.2, 0.25) is 0 Å². The number of aliphatic carboxylic acids is 1. The molecule has 1 fully saturated rings. The Bertz CT molecular complexity index is 827. The number of hydrogen-bond donors (Lipinski definition) is 1. The normalized spacial score (nSPS) is 20.6. The summed E-state index contributed by atoms with van der Waals surface area (Å²) < 4.78 is 7.77. The molecule has 1 amide bonds. The van der Waals surface area contributed by atoms with Crippen molar-refractivity contribution in [2.45, 2.75) is 31.5 Å². The topological polar surface area (TPSA) is 106 Å². The highest BCUT2D eigenvalue weighted by atomic mass is 16.5. The Labute approximate surface area is 137 Å². The fraction of sp³-hybridized carbons (Fsp3) is 0.467. The molecule has 0 bridgehead atoms. The van der Waals surface area contributed by atoms with E-state index in [1.807, 2.05) is 0 Å². The Morgan fingerprint density at radius 1 is 1.42 bits per heavy atom. The summed E-state index contributed by atoms with van der Waals surface area (Å²) in [5, 5.41) is 13.4. The van der Waals surface area contributed by atoms with E-state index >= 15 is 0 Å². The Morgan fingerprint density at radius 3 is 2.88 bits per heavy atom. The van der Waals surface area contributed by atoms with Crippen LogP contribution in [0.25, 0.3) is 5.65 Å². The summed E-state index contributed by atoms with van der Waals surface area (Å²) in [5.41, 5.74) is 0.170. The van der Waals surface area contributed by atoms with Gasteiger partial charge in [0.25, 0.3) is 0 Å². The third-order valence-corrected chi connectivity index (χ3v) is 4.23. The molecule has 0 radical (unpaired) electrons. The van der Waals surface area contributed by atoms with Crippen LogP contribution in [0.1, 0.15) is 12.8 Å². The molecule has 0 aromatic carbocycles. The molecule has 24 heavy (non-hydrogen) atoms. The van der Waals surface area contributed by atoms with E-state index in [0.717, 1.165) is 0 Å². The van der Waals surface area contributed by atoms with E-state index in [4.69, 9.17) is 4.74 Å². The lowest BCUT2D eigenvalue weighted by molar-refractivity contribution is -0.148. The third-order valence-electron chi connectivity index (χ3n) is 4.23. The summed E-state index contributed by atoms with van der Waals surface area (Å²) in [4.78, 5) is 37.1. The lowest BCUT2D eigenvalue weighted by Gasteiger charge is -2.21. The van der Waals surface area contributed by atoms with Crippen molar-refractivity contribution < 1.29 is 19.4 Å². The number of likely N-dealkylation sites (tertiary alicyclic amines) is 1. The molecule has 0 aliphatic carbocycles. The quantitative estimate of drug-likeness (QED) is 0.796. The van der Waals surface area contributed by atoms with Gasteiger partial charge in [-0.2, -0.15) is 0 Å². The van der Waals surface area contributed by atoms with Crippen LogP contribution in [0, 0.1) is 0 Å². The average molecular weight is 334 g/mol. The van der Waals surface area contributed by atoms with Gasteiger partial charge in [-0.1, -0.05) is 6.07 Å². The minimum absolute atomic E-state index is 0.00397. The van der Waals surface area contributed by atoms with Crippen LogP contribution >= 0.6 is 0 Å². The van der Waals surface area contributed by atoms with Crippen LogP contribution in [-0.4, -0.2) is 61.9 Å². The molecule has 9 nitrogen and oxygen atoms in total. The molecule has 2 aromatic heterocycles. The maximum absolute atomic E-state index is 12.4. The number of rotatable bonds is 5. The molecule has 2 unspecified atom stereocenters. The maximum atomic E-state index is 12.4. The number of aromatic nitrogens is 3. The first-order valence-electron chi connectivity index (χ1n) is 7.60. The van der Waals surface area contributed by atoms with Gasteiger partial charge < -0.3 is 14.7 Å². The van der Waals surface area contributed by atoms with Crippen molar-refractivity contribution in [3.8, 4) is 0 Å². The Morgan fingerprint density at radius 2 is 2.21 bits per heavy atom. The Hall–Kier alpha value is -2.68. The van der Waals surface area contributed by atoms with Crippen molar-refractivity contribution in [2.24, 2.45) is 0 Å². The fourth-order valence-corrected chi connectivity index (χ4v) is 2.94. The predicted octanol–water partition coefficient (Wildman–Crippen LogP) is -0.413. The first-order chi connectivity index (χ1) is 11.5. The summed E-state index contributed by atoms with van der Waals surface area (Å²) in [6.07, 6.45) is 1.59. The molecule has 9 heteroatoms. The summed E-state index contributed by atoms with van der Waals surface area (Å²) in [7, 11) is 1.49. The second-order valence-electron chi connectivity index (χ2n) is 5.68. The first kappa shape index (κ1) is 16.2. The van der Waals surface area contributed by atoms with Crippen LogP contribution in [0.5, 0.6) is 0 Å². The van der Waals surface area contributed by atoms with E-state index in [1.165, 1.54) is 21.1 Å². The van der Waals surface area contributed by atoms with Crippen LogP contribution < -0.4 is 5.69 Å². The van der Waals surface area contributed by atoms with Crippen molar-refractivity contribution in [1.29, 1.82) is 0 Å². The summed E-state index contributed by atoms with van der Waals surface area (Å²) in [6.45, 7) is 0.339. The van der Waals surface area contributed by atoms with Gasteiger partial charge in [-0.25, -0.2) is 14.3 Å². The van der Waals surface area contributed by atoms with Gasteiger partial charge in [0.1, 0.15) is 6.04 Å². The van der Waals surface area contributed by atoms with Crippen LogP contribution in [0.15, 0.2) is 29.2 Å². The maximum Gasteiger partial charge on any atom is 0.350 e. The second kappa shape index (κ2) is 6.44. The monoisotopic (exact) mass is 334 g/mol. The molecule has 2 aromatic rings. The van der Waals surface area contributed by atoms with Gasteiger partial charge in [-0.3, -0.25) is 9.20 Å². The largest absolute Gasteiger partial charge is 0.480 e. The van der Waals surface area contributed by atoms with Gasteiger partial charge >= 0.3 is 11.7 Å². The number of carboxylic acid groups (broad SMARTS) is 1. The number of fused-ring (bicyclic) bond motifs is 1. The van der Waals surface area contributed by atoms with E-state index in [1.54, 1.807) is 24.4 Å². The van der Waals surface area contributed by atoms with Gasteiger partial charge in [0.05, 0.1) is 12.6 Å². The number of carbonyl (C=O) groups excluding carboxylic acids is 1. The minimum atomic E-state index is -1.05. The van der Waals surface area contributed by atoms with Crippen molar-refractivity contribution >= 4 is 17.5 Å². The van der Waals surface area contributed by atoms with E-state index in [0.29, 0.717) is 5.65 Å². The van der Waals surface area contributed by atoms with Gasteiger partial charge in [-0.15, -0.1) is 5.10 Å². The van der Waals surface area contributed by atoms with E-state index in [-0.39, 0.29) is 43.6 Å². The van der Waals surface area contributed by atoms with E-state index < -0.39 is 12.0 Å². The number of methoxy groups -OCH3 is 1. The van der Waals surface area contributed by atoms with Crippen LogP contribution in [0.4, 0.5) is 0 Å². The second-order valence-corrected chi connectivity index (χ2v) is 5.68. The molecule has 1 saturated heterocycles. The smallest absolute Gasteiger partial charge is 0.350 e. The molecule has 2 atom stereocenters. The molecule has 1 aliphatic rings. The zero-order chi connectivity index (χ0) is 17.3. The van der Waals surface area contributed by atoms with Gasteiger partial charge in [0.2, 0.25) is 5.91 Å². The standard InChI is InChI=1S/C15H18N4O5/c1-24-10-8-11(14(21)22)18(9-10)13(20)5-7-19-15(23)17-6-3-2-4-12(17)16-19/h2-4,6,10-11H,5,7-9H2,1H3,(H,21,22). The number of carbonyl (C=O) groups is 2. The predicted molar refractivity (Wildman–Crippen MR) is 82.6 cm³/mol. The molecular weight excluding hydrogens is 316 g/mol. The highest BCUT2D eigenvalue weighted by molar-refractivity contribution is 5.84. The lowest BCUT2D eigenvalue weighted by atomic mass is 10.2. The van der Waals surface area contributed by atoms with Crippen LogP contribution in [0.3, 0.4) is 0 Å². The molecule has 1 N–H and O–H groups in total. The summed E-state index contributed by atoms with van der Waals surface area (Å²) in [6, 6.07) is 4.30. The number of nitrogens with zero attached hydrogens (tertiary/aromatic N) is 4. The lowest BCUT2D eigenvalue weighted by Crippen LogP contribution is -2.41. The van der Waals surface area contributed by atoms with E-state index in [2.05, 4.69) is 5.10 Å². The molecule has 3 heterocycles. The third kappa shape index (κ3) is 2.90. The zero-order valence-corrected chi connectivity index (χ0v) is 13.2. The molecule has 1 aliphatic heterocycles. The number of carboxylic acids is 1. The molecular formula is C15H18N4O5. The number of hydrogen-bond acceptors (Lipinski definition) is 5. The van der Waals surface area contributed by atoms with E-state index in [9.17, 15) is 19.5 Å². The summed E-state index contributed by atoms with van der Waals surface area (Å²) >= 11 is 0. The molecule has 3 rings (SSSR count). The van der Waals surface area contributed by atoms with Gasteiger partial charge in [0, 0.05) is 32.7 Å². The fourth-order valence-electron chi connectivity index (χ4n) is 2.94. The minimum Gasteiger partial charge on any atom is -0.480 e. The molecule has 0 spiro atoms. The molecule has 128 valence electrons. The van der Waals surface area contributed by atoms with Crippen molar-refractivity contribution in [1.82, 2.24) is 19.1 Å². The van der Waals surface area contributed by atoms with Crippen molar-refractivity contribution in [3.63, 3.8) is 0 Å². The highest BCUT2D eigenvalue weighted by Crippen LogP contribution is 2.21. The number of ether oxygens (including phenoxy) is 1. The number of aryl methyl sites for hydroxylation is 1. The average Bonchev–Trinajstić information content (AvgIpc) is 3.15. The first-order valence-corrected chi connectivity index (χ1v) is 7.60. The number of amides is 1. The van der Waals surface area contributed by atoms with Crippen LogP contribution in [-0.2, 0) is 20.9 Å². The SMILES string of the molecule is COC1CC(C(=O)O)N(C(=O)CCn2nc3ccccn3c2=O)C1. The van der Waals surface area contributed by atoms with Gasteiger partial charge in [0.15, 0.2) is 5.65 Å². The number of pyridine rings is 1. The Balaban J connectivity index is 1.71. The van der Waals surface area contributed by atoms with Gasteiger partial charge in [-0.05, 0) is 12.1 Å². The molecule has 0 saturated carbocycles. The van der Waals surface area contributed by atoms with Crippen molar-refractivity contribution in [3.05, 3.63) is 34.9 Å².